The number of fused-ring (bicyclic) bond motifs is 1. The molecule has 0 saturated heterocycles. The van der Waals surface area contributed by atoms with Crippen LogP contribution in [0.1, 0.15) is 62.3 Å². The molecule has 2 nitrogen and oxygen atoms in total. The van der Waals surface area contributed by atoms with Crippen LogP contribution in [0.2, 0.25) is 0 Å². The quantitative estimate of drug-likeness (QED) is 0.649. The number of carbonyl (C=O) groups is 1. The first-order chi connectivity index (χ1) is 12.2. The van der Waals surface area contributed by atoms with Gasteiger partial charge in [0, 0.05) is 24.3 Å². The Balaban J connectivity index is 1.61. The summed E-state index contributed by atoms with van der Waals surface area (Å²) in [7, 11) is 0. The predicted molar refractivity (Wildman–Crippen MR) is 110 cm³/mol. The molecular formula is C23H26O2S. The molecular weight excluding hydrogens is 340 g/mol. The second kappa shape index (κ2) is 7.32. The van der Waals surface area contributed by atoms with E-state index in [9.17, 15) is 4.79 Å². The van der Waals surface area contributed by atoms with Gasteiger partial charge in [-0.25, -0.2) is 0 Å². The van der Waals surface area contributed by atoms with Gasteiger partial charge in [-0.3, -0.25) is 4.79 Å². The molecule has 0 amide bonds. The molecule has 0 saturated carbocycles. The number of ether oxygens (including phenoxy) is 1. The number of carbonyl (C=O) groups excluding carboxylic acids is 1. The number of Topliss-reactive ketones (excluding diaryl/α,β-unsaturated/α-hetero) is 1. The molecule has 1 unspecified atom stereocenters. The lowest BCUT2D eigenvalue weighted by Gasteiger charge is -2.19. The van der Waals surface area contributed by atoms with E-state index in [-0.39, 0.29) is 17.1 Å². The van der Waals surface area contributed by atoms with Gasteiger partial charge >= 0.3 is 0 Å². The van der Waals surface area contributed by atoms with Crippen molar-refractivity contribution in [3.05, 3.63) is 64.7 Å². The predicted octanol–water partition coefficient (Wildman–Crippen LogP) is 5.55. The van der Waals surface area contributed by atoms with E-state index in [1.165, 1.54) is 11.1 Å². The Hall–Kier alpha value is -2.00. The van der Waals surface area contributed by atoms with Crippen LogP contribution in [-0.4, -0.2) is 10.8 Å². The van der Waals surface area contributed by atoms with E-state index in [4.69, 9.17) is 17.0 Å². The van der Waals surface area contributed by atoms with Crippen LogP contribution >= 0.6 is 12.2 Å². The van der Waals surface area contributed by atoms with Gasteiger partial charge in [0.2, 0.25) is 0 Å². The maximum Gasteiger partial charge on any atom is 0.171 e. The first kappa shape index (κ1) is 18.8. The average Bonchev–Trinajstić information content (AvgIpc) is 2.97. The number of ketones is 1. The summed E-state index contributed by atoms with van der Waals surface area (Å²) >= 11 is 5.12. The molecule has 0 bridgehead atoms. The number of hydrogen-bond acceptors (Lipinski definition) is 3. The molecule has 0 aliphatic carbocycles. The number of hydrogen-bond donors (Lipinski definition) is 0. The lowest BCUT2D eigenvalue weighted by molar-refractivity contribution is -0.120. The number of aryl methyl sites for hydroxylation is 1. The zero-order chi connectivity index (χ0) is 18.9. The van der Waals surface area contributed by atoms with Crippen LogP contribution in [0.4, 0.5) is 0 Å². The molecule has 1 heterocycles. The number of rotatable bonds is 5. The Morgan fingerprint density at radius 1 is 1.15 bits per heavy atom. The summed E-state index contributed by atoms with van der Waals surface area (Å²) in [5.74, 6) is 0.993. The summed E-state index contributed by atoms with van der Waals surface area (Å²) in [6.45, 7) is 8.62. The Labute approximate surface area is 161 Å². The SMILES string of the molecule is CC(C(=O)CCc1ccc(C(C)(C)C)cc1)c1ccc2c(c1)CC(=S)O2. The smallest absolute Gasteiger partial charge is 0.171 e. The largest absolute Gasteiger partial charge is 0.450 e. The summed E-state index contributed by atoms with van der Waals surface area (Å²) in [6.07, 6.45) is 2.01. The van der Waals surface area contributed by atoms with Crippen molar-refractivity contribution in [2.45, 2.75) is 58.3 Å². The summed E-state index contributed by atoms with van der Waals surface area (Å²) in [6, 6.07) is 14.6. The second-order valence-electron chi connectivity index (χ2n) is 8.15. The number of benzene rings is 2. The van der Waals surface area contributed by atoms with E-state index in [0.717, 1.165) is 23.3 Å². The Kier molecular flexibility index (Phi) is 5.29. The first-order valence-electron chi connectivity index (χ1n) is 9.19. The summed E-state index contributed by atoms with van der Waals surface area (Å²) in [5, 5.41) is 0.606. The van der Waals surface area contributed by atoms with Crippen molar-refractivity contribution in [2.24, 2.45) is 0 Å². The van der Waals surface area contributed by atoms with Gasteiger partial charge in [0.25, 0.3) is 0 Å². The number of thiocarbonyl (C=S) groups is 1. The molecule has 0 aromatic heterocycles. The molecule has 3 heteroatoms. The minimum absolute atomic E-state index is 0.108. The molecule has 3 rings (SSSR count). The summed E-state index contributed by atoms with van der Waals surface area (Å²) in [5.41, 5.74) is 4.82. The summed E-state index contributed by atoms with van der Waals surface area (Å²) < 4.78 is 5.49. The Morgan fingerprint density at radius 3 is 2.50 bits per heavy atom. The lowest BCUT2D eigenvalue weighted by Crippen LogP contribution is -2.12. The van der Waals surface area contributed by atoms with E-state index < -0.39 is 0 Å². The van der Waals surface area contributed by atoms with E-state index in [2.05, 4.69) is 51.1 Å². The van der Waals surface area contributed by atoms with Gasteiger partial charge in [0.15, 0.2) is 5.05 Å². The van der Waals surface area contributed by atoms with Crippen molar-refractivity contribution in [2.75, 3.05) is 0 Å². The Morgan fingerprint density at radius 2 is 1.85 bits per heavy atom. The van der Waals surface area contributed by atoms with E-state index in [1.807, 2.05) is 19.1 Å². The monoisotopic (exact) mass is 366 g/mol. The molecule has 0 fully saturated rings. The van der Waals surface area contributed by atoms with Crippen molar-refractivity contribution >= 4 is 23.1 Å². The maximum absolute atomic E-state index is 12.7. The van der Waals surface area contributed by atoms with Crippen molar-refractivity contribution in [3.8, 4) is 5.75 Å². The van der Waals surface area contributed by atoms with Crippen LogP contribution < -0.4 is 4.74 Å². The highest BCUT2D eigenvalue weighted by Crippen LogP contribution is 2.30. The molecule has 2 aromatic rings. The van der Waals surface area contributed by atoms with Crippen molar-refractivity contribution in [1.29, 1.82) is 0 Å². The zero-order valence-electron chi connectivity index (χ0n) is 16.0. The van der Waals surface area contributed by atoms with Gasteiger partial charge in [-0.05, 0) is 46.8 Å². The lowest BCUT2D eigenvalue weighted by atomic mass is 9.86. The third kappa shape index (κ3) is 4.21. The fourth-order valence-corrected chi connectivity index (χ4v) is 3.51. The van der Waals surface area contributed by atoms with Crippen molar-refractivity contribution in [1.82, 2.24) is 0 Å². The highest BCUT2D eigenvalue weighted by molar-refractivity contribution is 7.80. The zero-order valence-corrected chi connectivity index (χ0v) is 16.8. The molecule has 1 aliphatic rings. The van der Waals surface area contributed by atoms with Gasteiger partial charge in [0.05, 0.1) is 0 Å². The standard InChI is InChI=1S/C23H26O2S/c1-15(17-8-12-21-18(13-17)14-22(26)25-21)20(24)11-7-16-5-9-19(10-6-16)23(2,3)4/h5-6,8-10,12-13,15H,7,11,14H2,1-4H3. The molecule has 1 aliphatic heterocycles. The fraction of sp³-hybridized carbons (Fsp3) is 0.391. The second-order valence-corrected chi connectivity index (χ2v) is 8.61. The molecule has 0 radical (unpaired) electrons. The normalized spacial score (nSPS) is 14.7. The molecule has 0 N–H and O–H groups in total. The van der Waals surface area contributed by atoms with Crippen LogP contribution in [0.3, 0.4) is 0 Å². The molecule has 136 valence electrons. The van der Waals surface area contributed by atoms with Gasteiger partial charge in [-0.15, -0.1) is 0 Å². The Bertz CT molecular complexity index is 828. The minimum atomic E-state index is -0.108. The first-order valence-corrected chi connectivity index (χ1v) is 9.60. The van der Waals surface area contributed by atoms with Crippen LogP contribution in [0.15, 0.2) is 42.5 Å². The van der Waals surface area contributed by atoms with Crippen molar-refractivity contribution in [3.63, 3.8) is 0 Å². The summed E-state index contributed by atoms with van der Waals surface area (Å²) in [4.78, 5) is 12.7. The topological polar surface area (TPSA) is 26.3 Å². The van der Waals surface area contributed by atoms with Crippen LogP contribution in [0, 0.1) is 0 Å². The highest BCUT2D eigenvalue weighted by Gasteiger charge is 2.21. The average molecular weight is 367 g/mol. The molecule has 0 spiro atoms. The highest BCUT2D eigenvalue weighted by atomic mass is 32.1. The van der Waals surface area contributed by atoms with Crippen LogP contribution in [0.25, 0.3) is 0 Å². The maximum atomic E-state index is 12.7. The molecule has 26 heavy (non-hydrogen) atoms. The van der Waals surface area contributed by atoms with E-state index in [0.29, 0.717) is 17.9 Å². The van der Waals surface area contributed by atoms with E-state index in [1.54, 1.807) is 0 Å². The molecule has 2 aromatic carbocycles. The van der Waals surface area contributed by atoms with Gasteiger partial charge < -0.3 is 4.74 Å². The molecule has 1 atom stereocenters. The van der Waals surface area contributed by atoms with Crippen LogP contribution in [0.5, 0.6) is 5.75 Å². The van der Waals surface area contributed by atoms with E-state index >= 15 is 0 Å². The van der Waals surface area contributed by atoms with Gasteiger partial charge in [-0.2, -0.15) is 0 Å². The van der Waals surface area contributed by atoms with Gasteiger partial charge in [-0.1, -0.05) is 64.1 Å². The van der Waals surface area contributed by atoms with Crippen molar-refractivity contribution < 1.29 is 9.53 Å². The van der Waals surface area contributed by atoms with Gasteiger partial charge in [0.1, 0.15) is 11.5 Å². The fourth-order valence-electron chi connectivity index (χ4n) is 3.26. The van der Waals surface area contributed by atoms with Crippen LogP contribution in [-0.2, 0) is 23.1 Å². The third-order valence-electron chi connectivity index (χ3n) is 5.11. The minimum Gasteiger partial charge on any atom is -0.450 e. The third-order valence-corrected chi connectivity index (χ3v) is 5.33.